The SMILES string of the molecule is O=C(N[C@@H]1CCN(C/C=C/c2ccc(F)cc2)C[C@H]1O)c1cccnc1. The molecule has 1 amide bonds. The molecule has 3 rings (SSSR count). The molecule has 26 heavy (non-hydrogen) atoms. The molecule has 2 heterocycles. The number of aromatic nitrogens is 1. The maximum absolute atomic E-state index is 12.9. The Morgan fingerprint density at radius 1 is 1.35 bits per heavy atom. The number of carbonyl (C=O) groups excluding carboxylic acids is 1. The minimum atomic E-state index is -0.622. The maximum atomic E-state index is 12.9. The predicted octanol–water partition coefficient (Wildman–Crippen LogP) is 2.10. The fraction of sp³-hybridized carbons (Fsp3) is 0.300. The van der Waals surface area contributed by atoms with Crippen molar-refractivity contribution in [2.75, 3.05) is 19.6 Å². The van der Waals surface area contributed by atoms with Gasteiger partial charge in [-0.1, -0.05) is 24.3 Å². The summed E-state index contributed by atoms with van der Waals surface area (Å²) in [6.07, 6.45) is 7.11. The van der Waals surface area contributed by atoms with E-state index in [0.717, 1.165) is 12.1 Å². The second kappa shape index (κ2) is 8.69. The van der Waals surface area contributed by atoms with E-state index in [4.69, 9.17) is 0 Å². The van der Waals surface area contributed by atoms with Crippen molar-refractivity contribution in [3.05, 3.63) is 71.8 Å². The summed E-state index contributed by atoms with van der Waals surface area (Å²) in [6, 6.07) is 9.45. The first-order chi connectivity index (χ1) is 12.6. The standard InChI is InChI=1S/C20H22FN3O2/c21-17-7-5-15(6-8-17)3-2-11-24-12-9-18(19(25)14-24)23-20(26)16-4-1-10-22-13-16/h1-8,10,13,18-19,25H,9,11-12,14H2,(H,23,26)/b3-2+/t18-,19-/m1/s1. The molecule has 0 aliphatic carbocycles. The fourth-order valence-electron chi connectivity index (χ4n) is 2.99. The van der Waals surface area contributed by atoms with Crippen LogP contribution in [0.25, 0.3) is 6.08 Å². The third-order valence-electron chi connectivity index (χ3n) is 4.45. The Hall–Kier alpha value is -2.57. The smallest absolute Gasteiger partial charge is 0.253 e. The van der Waals surface area contributed by atoms with E-state index in [1.54, 1.807) is 30.5 Å². The lowest BCUT2D eigenvalue weighted by molar-refractivity contribution is 0.0422. The highest BCUT2D eigenvalue weighted by atomic mass is 19.1. The Kier molecular flexibility index (Phi) is 6.09. The summed E-state index contributed by atoms with van der Waals surface area (Å²) in [6.45, 7) is 1.96. The number of benzene rings is 1. The number of likely N-dealkylation sites (tertiary alicyclic amines) is 1. The van der Waals surface area contributed by atoms with Crippen molar-refractivity contribution < 1.29 is 14.3 Å². The highest BCUT2D eigenvalue weighted by molar-refractivity contribution is 5.94. The van der Waals surface area contributed by atoms with E-state index in [0.29, 0.717) is 25.1 Å². The largest absolute Gasteiger partial charge is 0.390 e. The molecule has 0 radical (unpaired) electrons. The lowest BCUT2D eigenvalue weighted by Crippen LogP contribution is -2.54. The molecule has 2 aromatic rings. The average molecular weight is 355 g/mol. The maximum Gasteiger partial charge on any atom is 0.253 e. The van der Waals surface area contributed by atoms with Gasteiger partial charge in [0.05, 0.1) is 17.7 Å². The van der Waals surface area contributed by atoms with E-state index < -0.39 is 6.10 Å². The summed E-state index contributed by atoms with van der Waals surface area (Å²) < 4.78 is 12.9. The molecule has 2 atom stereocenters. The van der Waals surface area contributed by atoms with E-state index in [-0.39, 0.29) is 17.8 Å². The number of hydrogen-bond donors (Lipinski definition) is 2. The van der Waals surface area contributed by atoms with Crippen LogP contribution in [0.5, 0.6) is 0 Å². The van der Waals surface area contributed by atoms with Crippen LogP contribution in [0.4, 0.5) is 4.39 Å². The van der Waals surface area contributed by atoms with Crippen LogP contribution in [-0.4, -0.2) is 52.7 Å². The normalized spacial score (nSPS) is 21.0. The molecule has 0 bridgehead atoms. The first-order valence-electron chi connectivity index (χ1n) is 8.65. The van der Waals surface area contributed by atoms with Crippen molar-refractivity contribution in [3.8, 4) is 0 Å². The van der Waals surface area contributed by atoms with Gasteiger partial charge in [0, 0.05) is 32.0 Å². The molecule has 1 aromatic carbocycles. The van der Waals surface area contributed by atoms with E-state index in [1.807, 2.05) is 12.2 Å². The summed E-state index contributed by atoms with van der Waals surface area (Å²) in [5, 5.41) is 13.2. The Morgan fingerprint density at radius 2 is 2.15 bits per heavy atom. The van der Waals surface area contributed by atoms with Crippen molar-refractivity contribution in [1.82, 2.24) is 15.2 Å². The number of nitrogens with one attached hydrogen (secondary N) is 1. The molecular weight excluding hydrogens is 333 g/mol. The van der Waals surface area contributed by atoms with Gasteiger partial charge in [0.15, 0.2) is 0 Å². The van der Waals surface area contributed by atoms with E-state index >= 15 is 0 Å². The average Bonchev–Trinajstić information content (AvgIpc) is 2.66. The number of nitrogens with zero attached hydrogens (tertiary/aromatic N) is 2. The third kappa shape index (κ3) is 4.97. The second-order valence-corrected chi connectivity index (χ2v) is 6.39. The van der Waals surface area contributed by atoms with Crippen LogP contribution in [0.3, 0.4) is 0 Å². The molecule has 1 saturated heterocycles. The number of hydrogen-bond acceptors (Lipinski definition) is 4. The van der Waals surface area contributed by atoms with Crippen molar-refractivity contribution in [3.63, 3.8) is 0 Å². The Balaban J connectivity index is 1.47. The van der Waals surface area contributed by atoms with Crippen molar-refractivity contribution in [1.29, 1.82) is 0 Å². The summed E-state index contributed by atoms with van der Waals surface area (Å²) in [7, 11) is 0. The van der Waals surface area contributed by atoms with E-state index in [1.165, 1.54) is 18.3 Å². The lowest BCUT2D eigenvalue weighted by Gasteiger charge is -2.35. The minimum Gasteiger partial charge on any atom is -0.390 e. The zero-order valence-electron chi connectivity index (χ0n) is 14.4. The second-order valence-electron chi connectivity index (χ2n) is 6.39. The van der Waals surface area contributed by atoms with Gasteiger partial charge in [-0.15, -0.1) is 0 Å². The number of carbonyl (C=O) groups is 1. The highest BCUT2D eigenvalue weighted by Gasteiger charge is 2.28. The van der Waals surface area contributed by atoms with Crippen LogP contribution >= 0.6 is 0 Å². The Labute approximate surface area is 152 Å². The third-order valence-corrected chi connectivity index (χ3v) is 4.45. The summed E-state index contributed by atoms with van der Waals surface area (Å²) in [4.78, 5) is 18.2. The van der Waals surface area contributed by atoms with Crippen LogP contribution in [0.2, 0.25) is 0 Å². The molecule has 1 fully saturated rings. The van der Waals surface area contributed by atoms with Crippen molar-refractivity contribution in [2.24, 2.45) is 0 Å². The van der Waals surface area contributed by atoms with Gasteiger partial charge in [0.2, 0.25) is 0 Å². The van der Waals surface area contributed by atoms with Crippen molar-refractivity contribution >= 4 is 12.0 Å². The molecule has 0 spiro atoms. The minimum absolute atomic E-state index is 0.216. The first-order valence-corrected chi connectivity index (χ1v) is 8.65. The van der Waals surface area contributed by atoms with E-state index in [2.05, 4.69) is 15.2 Å². The lowest BCUT2D eigenvalue weighted by atomic mass is 10.0. The number of piperidine rings is 1. The molecule has 1 aromatic heterocycles. The van der Waals surface area contributed by atoms with Gasteiger partial charge in [-0.25, -0.2) is 4.39 Å². The quantitative estimate of drug-likeness (QED) is 0.862. The zero-order valence-corrected chi connectivity index (χ0v) is 14.4. The first kappa shape index (κ1) is 18.2. The number of pyridine rings is 1. The van der Waals surface area contributed by atoms with Crippen LogP contribution in [0.1, 0.15) is 22.3 Å². The van der Waals surface area contributed by atoms with Gasteiger partial charge in [-0.2, -0.15) is 0 Å². The van der Waals surface area contributed by atoms with E-state index in [9.17, 15) is 14.3 Å². The summed E-state index contributed by atoms with van der Waals surface area (Å²) >= 11 is 0. The molecule has 1 aliphatic rings. The molecule has 0 saturated carbocycles. The predicted molar refractivity (Wildman–Crippen MR) is 98.0 cm³/mol. The van der Waals surface area contributed by atoms with Gasteiger partial charge in [-0.3, -0.25) is 14.7 Å². The molecule has 0 unspecified atom stereocenters. The van der Waals surface area contributed by atoms with Crippen molar-refractivity contribution in [2.45, 2.75) is 18.6 Å². The molecule has 136 valence electrons. The number of β-amino-alcohol motifs (C(OH)–C–C–N with tert-alkyl or cyclic N) is 1. The molecule has 5 nitrogen and oxygen atoms in total. The molecule has 1 aliphatic heterocycles. The topological polar surface area (TPSA) is 65.5 Å². The molecule has 2 N–H and O–H groups in total. The summed E-state index contributed by atoms with van der Waals surface area (Å²) in [5.41, 5.74) is 1.43. The number of amides is 1. The number of rotatable bonds is 5. The number of aliphatic hydroxyl groups excluding tert-OH is 1. The van der Waals surface area contributed by atoms with Gasteiger partial charge >= 0.3 is 0 Å². The van der Waals surface area contributed by atoms with Gasteiger partial charge < -0.3 is 10.4 Å². The Morgan fingerprint density at radius 3 is 2.85 bits per heavy atom. The number of halogens is 1. The van der Waals surface area contributed by atoms with Crippen LogP contribution in [-0.2, 0) is 0 Å². The highest BCUT2D eigenvalue weighted by Crippen LogP contribution is 2.13. The summed E-state index contributed by atoms with van der Waals surface area (Å²) in [5.74, 6) is -0.465. The van der Waals surface area contributed by atoms with Crippen LogP contribution < -0.4 is 5.32 Å². The van der Waals surface area contributed by atoms with Gasteiger partial charge in [0.1, 0.15) is 5.82 Å². The zero-order chi connectivity index (χ0) is 18.4. The van der Waals surface area contributed by atoms with Crippen LogP contribution in [0, 0.1) is 5.82 Å². The molecular formula is C20H22FN3O2. The Bertz CT molecular complexity index is 749. The van der Waals surface area contributed by atoms with Gasteiger partial charge in [-0.05, 0) is 36.2 Å². The fourth-order valence-corrected chi connectivity index (χ4v) is 2.99. The van der Waals surface area contributed by atoms with Gasteiger partial charge in [0.25, 0.3) is 5.91 Å². The van der Waals surface area contributed by atoms with Crippen LogP contribution in [0.15, 0.2) is 54.9 Å². The number of aliphatic hydroxyl groups is 1. The monoisotopic (exact) mass is 355 g/mol. The molecule has 6 heteroatoms.